The van der Waals surface area contributed by atoms with Gasteiger partial charge in [-0.2, -0.15) is 0 Å². The molecule has 14 heteroatoms. The summed E-state index contributed by atoms with van der Waals surface area (Å²) in [5.74, 6) is -4.46. The van der Waals surface area contributed by atoms with Crippen LogP contribution in [0, 0.1) is 0 Å². The second kappa shape index (κ2) is 15.0. The predicted molar refractivity (Wildman–Crippen MR) is 147 cm³/mol. The largest absolute Gasteiger partial charge is 0.507 e. The summed E-state index contributed by atoms with van der Waals surface area (Å²) >= 11 is 0. The average molecular weight is 617 g/mol. The number of benzene rings is 2. The average Bonchev–Trinajstić information content (AvgIpc) is 2.94. The van der Waals surface area contributed by atoms with E-state index >= 15 is 0 Å². The van der Waals surface area contributed by atoms with Gasteiger partial charge < -0.3 is 38.3 Å². The Morgan fingerprint density at radius 3 is 1.98 bits per heavy atom. The molecule has 2 aromatic carbocycles. The zero-order valence-corrected chi connectivity index (χ0v) is 24.6. The van der Waals surface area contributed by atoms with Crippen molar-refractivity contribution in [1.82, 2.24) is 0 Å². The summed E-state index contributed by atoms with van der Waals surface area (Å²) in [6.45, 7) is 3.92. The Morgan fingerprint density at radius 2 is 1.39 bits per heavy atom. The van der Waals surface area contributed by atoms with Gasteiger partial charge in [0.1, 0.15) is 30.0 Å². The Bertz CT molecular complexity index is 1420. The lowest BCUT2D eigenvalue weighted by Gasteiger charge is -2.43. The van der Waals surface area contributed by atoms with Crippen molar-refractivity contribution in [3.05, 3.63) is 53.6 Å². The number of hydrogen-bond donors (Lipinski definition) is 1. The van der Waals surface area contributed by atoms with E-state index in [9.17, 15) is 33.9 Å². The van der Waals surface area contributed by atoms with E-state index in [0.717, 1.165) is 33.8 Å². The summed E-state index contributed by atoms with van der Waals surface area (Å²) in [5.41, 5.74) is 0.0796. The number of aromatic hydroxyl groups is 1. The van der Waals surface area contributed by atoms with Gasteiger partial charge in [-0.25, -0.2) is 0 Å². The predicted octanol–water partition coefficient (Wildman–Crippen LogP) is 2.32. The number of ether oxygens (including phenoxy) is 7. The molecule has 0 radical (unpaired) electrons. The standard InChI is InChI=1S/C30H32O14/c1-15(31)39-14-26-27(40-16(2)32)28(41-17(3)33)29(42-18(4)34)30(44-26)43-21-9-10-22(24(36)12-21)25(37)13-23(35)19-7-6-8-20(11-19)38-5/h6-12,26-30,36H,13-14H2,1-5H3/t26-,27-,28+,29-,30-/m1/s1. The van der Waals surface area contributed by atoms with Crippen LogP contribution < -0.4 is 9.47 Å². The monoisotopic (exact) mass is 616 g/mol. The highest BCUT2D eigenvalue weighted by Gasteiger charge is 2.53. The van der Waals surface area contributed by atoms with E-state index in [1.165, 1.54) is 31.4 Å². The maximum absolute atomic E-state index is 12.9. The van der Waals surface area contributed by atoms with Crippen molar-refractivity contribution in [3.8, 4) is 17.2 Å². The number of methoxy groups -OCH3 is 1. The second-order valence-electron chi connectivity index (χ2n) is 9.62. The van der Waals surface area contributed by atoms with Gasteiger partial charge in [-0.15, -0.1) is 0 Å². The van der Waals surface area contributed by atoms with Crippen LogP contribution in [-0.2, 0) is 42.9 Å². The molecule has 2 aromatic rings. The lowest BCUT2D eigenvalue weighted by molar-refractivity contribution is -0.288. The number of phenolic OH excluding ortho intramolecular Hbond substituents is 1. The normalized spacial score (nSPS) is 20.9. The Labute approximate surface area is 252 Å². The number of hydrogen-bond acceptors (Lipinski definition) is 14. The molecular formula is C30H32O14. The minimum absolute atomic E-state index is 0.0842. The van der Waals surface area contributed by atoms with Crippen molar-refractivity contribution in [2.45, 2.75) is 64.8 Å². The molecule has 1 saturated heterocycles. The van der Waals surface area contributed by atoms with Crippen molar-refractivity contribution in [1.29, 1.82) is 0 Å². The summed E-state index contributed by atoms with van der Waals surface area (Å²) in [4.78, 5) is 72.9. The molecule has 0 amide bonds. The zero-order valence-electron chi connectivity index (χ0n) is 24.6. The number of Topliss-reactive ketones (excluding diaryl/α,β-unsaturated/α-hetero) is 2. The van der Waals surface area contributed by atoms with Crippen molar-refractivity contribution in [2.24, 2.45) is 0 Å². The van der Waals surface area contributed by atoms with Crippen molar-refractivity contribution in [3.63, 3.8) is 0 Å². The topological polar surface area (TPSA) is 187 Å². The molecule has 14 nitrogen and oxygen atoms in total. The fourth-order valence-corrected chi connectivity index (χ4v) is 4.38. The number of rotatable bonds is 12. The summed E-state index contributed by atoms with van der Waals surface area (Å²) in [6.07, 6.45) is -7.68. The van der Waals surface area contributed by atoms with Gasteiger partial charge in [0.15, 0.2) is 23.8 Å². The summed E-state index contributed by atoms with van der Waals surface area (Å²) in [7, 11) is 1.44. The maximum Gasteiger partial charge on any atom is 0.303 e. The Kier molecular flexibility index (Phi) is 11.4. The van der Waals surface area contributed by atoms with Crippen molar-refractivity contribution >= 4 is 35.4 Å². The Balaban J connectivity index is 1.88. The molecule has 1 aliphatic rings. The van der Waals surface area contributed by atoms with Crippen molar-refractivity contribution < 1.29 is 67.0 Å². The number of carbonyl (C=O) groups is 6. The van der Waals surface area contributed by atoms with E-state index in [2.05, 4.69) is 0 Å². The van der Waals surface area contributed by atoms with Crippen LogP contribution >= 0.6 is 0 Å². The quantitative estimate of drug-likeness (QED) is 0.158. The molecule has 0 aromatic heterocycles. The highest BCUT2D eigenvalue weighted by Crippen LogP contribution is 2.33. The van der Waals surface area contributed by atoms with Crippen LogP contribution in [0.3, 0.4) is 0 Å². The van der Waals surface area contributed by atoms with Crippen molar-refractivity contribution in [2.75, 3.05) is 13.7 Å². The third-order valence-electron chi connectivity index (χ3n) is 6.18. The molecule has 44 heavy (non-hydrogen) atoms. The first kappa shape index (κ1) is 33.5. The van der Waals surface area contributed by atoms with Crippen LogP contribution in [0.25, 0.3) is 0 Å². The van der Waals surface area contributed by atoms with Gasteiger partial charge in [0, 0.05) is 39.3 Å². The van der Waals surface area contributed by atoms with Crippen LogP contribution in [-0.4, -0.2) is 85.0 Å². The third-order valence-corrected chi connectivity index (χ3v) is 6.18. The van der Waals surface area contributed by atoms with Crippen LogP contribution in [0.2, 0.25) is 0 Å². The van der Waals surface area contributed by atoms with Crippen LogP contribution in [0.1, 0.15) is 54.8 Å². The minimum atomic E-state index is -1.55. The van der Waals surface area contributed by atoms with Gasteiger partial charge in [0.05, 0.1) is 19.1 Å². The number of ketones is 2. The van der Waals surface area contributed by atoms with Gasteiger partial charge >= 0.3 is 23.9 Å². The summed E-state index contributed by atoms with van der Waals surface area (Å²) in [6, 6.07) is 9.84. The van der Waals surface area contributed by atoms with E-state index in [4.69, 9.17) is 33.2 Å². The SMILES string of the molecule is COc1cccc(C(=O)CC(=O)c2ccc(O[C@@H]3O[C@H](COC(C)=O)[C@@H](OC(C)=O)[C@H](OC(C)=O)[C@H]3OC(C)=O)cc2O)c1. The molecule has 0 spiro atoms. The molecule has 0 bridgehead atoms. The number of carbonyl (C=O) groups excluding carboxylic acids is 6. The maximum atomic E-state index is 12.9. The number of esters is 4. The summed E-state index contributed by atoms with van der Waals surface area (Å²) in [5, 5.41) is 10.6. The van der Waals surface area contributed by atoms with E-state index in [0.29, 0.717) is 5.75 Å². The van der Waals surface area contributed by atoms with E-state index in [1.54, 1.807) is 12.1 Å². The van der Waals surface area contributed by atoms with Gasteiger partial charge in [-0.05, 0) is 24.3 Å². The zero-order chi connectivity index (χ0) is 32.6. The number of phenols is 1. The Hall–Kier alpha value is -4.98. The fraction of sp³-hybridized carbons (Fsp3) is 0.400. The highest BCUT2D eigenvalue weighted by molar-refractivity contribution is 6.14. The molecule has 5 atom stereocenters. The molecule has 3 rings (SSSR count). The molecule has 1 aliphatic heterocycles. The third kappa shape index (κ3) is 9.01. The lowest BCUT2D eigenvalue weighted by Crippen LogP contribution is -2.63. The molecule has 1 fully saturated rings. The van der Waals surface area contributed by atoms with Gasteiger partial charge in [-0.3, -0.25) is 28.8 Å². The van der Waals surface area contributed by atoms with Crippen LogP contribution in [0.4, 0.5) is 0 Å². The molecule has 1 heterocycles. The molecular weight excluding hydrogens is 584 g/mol. The van der Waals surface area contributed by atoms with Gasteiger partial charge in [0.2, 0.25) is 12.4 Å². The molecule has 0 saturated carbocycles. The highest BCUT2D eigenvalue weighted by atomic mass is 16.7. The first-order valence-corrected chi connectivity index (χ1v) is 13.3. The first-order chi connectivity index (χ1) is 20.8. The van der Waals surface area contributed by atoms with E-state index in [1.807, 2.05) is 0 Å². The molecule has 236 valence electrons. The van der Waals surface area contributed by atoms with E-state index in [-0.39, 0.29) is 16.9 Å². The van der Waals surface area contributed by atoms with Gasteiger partial charge in [0.25, 0.3) is 0 Å². The second-order valence-corrected chi connectivity index (χ2v) is 9.62. The molecule has 1 N–H and O–H groups in total. The Morgan fingerprint density at radius 1 is 0.750 bits per heavy atom. The van der Waals surface area contributed by atoms with Crippen LogP contribution in [0.15, 0.2) is 42.5 Å². The summed E-state index contributed by atoms with van der Waals surface area (Å²) < 4.78 is 37.8. The van der Waals surface area contributed by atoms with Crippen LogP contribution in [0.5, 0.6) is 17.2 Å². The first-order valence-electron chi connectivity index (χ1n) is 13.3. The fourth-order valence-electron chi connectivity index (χ4n) is 4.38. The minimum Gasteiger partial charge on any atom is -0.507 e. The molecule has 0 unspecified atom stereocenters. The molecule has 0 aliphatic carbocycles. The van der Waals surface area contributed by atoms with E-state index < -0.39 is 84.9 Å². The van der Waals surface area contributed by atoms with Gasteiger partial charge in [-0.1, -0.05) is 12.1 Å². The lowest BCUT2D eigenvalue weighted by atomic mass is 9.98. The smallest absolute Gasteiger partial charge is 0.303 e.